The second kappa shape index (κ2) is 11.7. The lowest BCUT2D eigenvalue weighted by atomic mass is 9.99. The summed E-state index contributed by atoms with van der Waals surface area (Å²) in [4.78, 5) is 14.9. The monoisotopic (exact) mass is 609 g/mol. The Morgan fingerprint density at radius 3 is 1.77 bits per heavy atom. The molecule has 0 aliphatic heterocycles. The fourth-order valence-corrected chi connectivity index (χ4v) is 6.09. The van der Waals surface area contributed by atoms with Crippen molar-refractivity contribution >= 4 is 22.4 Å². The van der Waals surface area contributed by atoms with Crippen molar-refractivity contribution in [2.24, 2.45) is 0 Å². The molecule has 0 fully saturated rings. The Balaban J connectivity index is 1.68. The molecular formula is C40H27N5O2. The van der Waals surface area contributed by atoms with E-state index in [-0.39, 0.29) is 5.69 Å². The van der Waals surface area contributed by atoms with Gasteiger partial charge in [0.2, 0.25) is 0 Å². The lowest BCUT2D eigenvalue weighted by molar-refractivity contribution is -0.384. The van der Waals surface area contributed by atoms with Gasteiger partial charge in [0.05, 0.1) is 45.5 Å². The van der Waals surface area contributed by atoms with Gasteiger partial charge in [-0.3, -0.25) is 10.1 Å². The summed E-state index contributed by atoms with van der Waals surface area (Å²) in [5.74, 6) is 0. The predicted molar refractivity (Wildman–Crippen MR) is 186 cm³/mol. The maximum Gasteiger partial charge on any atom is 0.269 e. The van der Waals surface area contributed by atoms with Gasteiger partial charge in [-0.25, -0.2) is 4.85 Å². The van der Waals surface area contributed by atoms with Crippen molar-refractivity contribution in [1.82, 2.24) is 9.13 Å². The first-order chi connectivity index (χ1) is 22.9. The Morgan fingerprint density at radius 2 is 1.23 bits per heavy atom. The molecule has 224 valence electrons. The minimum Gasteiger partial charge on any atom is -0.307 e. The third kappa shape index (κ3) is 5.12. The molecule has 7 rings (SSSR count). The van der Waals surface area contributed by atoms with Gasteiger partial charge in [0, 0.05) is 29.1 Å². The van der Waals surface area contributed by atoms with Crippen LogP contribution in [0.3, 0.4) is 0 Å². The number of hydrogen-bond donors (Lipinski definition) is 0. The standard InChI is InChI=1S/C40H27N5O2/c1-26-4-18-33(19-5-26)43-36(29-10-8-28(25-41)9-11-29)24-37-40(43)38(30-14-22-35(23-15-30)45(46)47)39(31-12-16-32(42-3)17-13-31)44(37)34-20-6-27(2)7-21-34/h4-24H,1-2H3. The molecule has 47 heavy (non-hydrogen) atoms. The number of rotatable bonds is 6. The number of nitro groups is 1. The van der Waals surface area contributed by atoms with Gasteiger partial charge >= 0.3 is 0 Å². The zero-order chi connectivity index (χ0) is 32.7. The summed E-state index contributed by atoms with van der Waals surface area (Å²) < 4.78 is 4.46. The van der Waals surface area contributed by atoms with Crippen LogP contribution in [0, 0.1) is 41.9 Å². The van der Waals surface area contributed by atoms with Gasteiger partial charge < -0.3 is 9.13 Å². The van der Waals surface area contributed by atoms with E-state index < -0.39 is 4.92 Å². The van der Waals surface area contributed by atoms with Gasteiger partial charge in [-0.2, -0.15) is 5.26 Å². The van der Waals surface area contributed by atoms with E-state index in [0.29, 0.717) is 11.3 Å². The Labute approximate surface area is 271 Å². The van der Waals surface area contributed by atoms with Crippen molar-refractivity contribution in [1.29, 1.82) is 5.26 Å². The minimum atomic E-state index is -0.390. The molecule has 0 saturated carbocycles. The first-order valence-corrected chi connectivity index (χ1v) is 15.0. The van der Waals surface area contributed by atoms with E-state index in [0.717, 1.165) is 67.2 Å². The average Bonchev–Trinajstić information content (AvgIpc) is 3.64. The molecule has 5 aromatic carbocycles. The number of non-ortho nitro benzene ring substituents is 1. The normalized spacial score (nSPS) is 10.9. The minimum absolute atomic E-state index is 0.0121. The molecule has 0 aliphatic carbocycles. The Kier molecular flexibility index (Phi) is 7.21. The van der Waals surface area contributed by atoms with Gasteiger partial charge in [0.25, 0.3) is 5.69 Å². The fourth-order valence-electron chi connectivity index (χ4n) is 6.09. The summed E-state index contributed by atoms with van der Waals surface area (Å²) in [6.07, 6.45) is 0. The molecule has 2 aromatic heterocycles. The van der Waals surface area contributed by atoms with Crippen LogP contribution in [-0.4, -0.2) is 14.1 Å². The highest BCUT2D eigenvalue weighted by atomic mass is 16.6. The molecule has 0 radical (unpaired) electrons. The Morgan fingerprint density at radius 1 is 0.702 bits per heavy atom. The van der Waals surface area contributed by atoms with Crippen molar-refractivity contribution in [2.75, 3.05) is 0 Å². The summed E-state index contributed by atoms with van der Waals surface area (Å²) in [6.45, 7) is 11.6. The molecule has 2 heterocycles. The smallest absolute Gasteiger partial charge is 0.269 e. The molecule has 0 spiro atoms. The second-order valence-electron chi connectivity index (χ2n) is 11.5. The zero-order valence-corrected chi connectivity index (χ0v) is 25.7. The summed E-state index contributed by atoms with van der Waals surface area (Å²) >= 11 is 0. The highest BCUT2D eigenvalue weighted by Crippen LogP contribution is 2.47. The van der Waals surface area contributed by atoms with Crippen LogP contribution < -0.4 is 0 Å². The van der Waals surface area contributed by atoms with Crippen LogP contribution in [0.4, 0.5) is 11.4 Å². The van der Waals surface area contributed by atoms with Crippen LogP contribution >= 0.6 is 0 Å². The number of fused-ring (bicyclic) bond motifs is 1. The van der Waals surface area contributed by atoms with Crippen molar-refractivity contribution in [3.8, 4) is 51.1 Å². The molecular weight excluding hydrogens is 582 g/mol. The Bertz CT molecular complexity index is 2320. The molecule has 0 atom stereocenters. The number of aromatic nitrogens is 2. The van der Waals surface area contributed by atoms with E-state index >= 15 is 0 Å². The van der Waals surface area contributed by atoms with Gasteiger partial charge in [0.1, 0.15) is 0 Å². The highest BCUT2D eigenvalue weighted by Gasteiger charge is 2.27. The van der Waals surface area contributed by atoms with Crippen molar-refractivity contribution in [3.05, 3.63) is 166 Å². The van der Waals surface area contributed by atoms with Gasteiger partial charge in [-0.15, -0.1) is 0 Å². The van der Waals surface area contributed by atoms with Crippen LogP contribution in [0.25, 0.3) is 60.9 Å². The van der Waals surface area contributed by atoms with Crippen molar-refractivity contribution < 1.29 is 4.92 Å². The molecule has 0 N–H and O–H groups in total. The van der Waals surface area contributed by atoms with Crippen LogP contribution in [0.2, 0.25) is 0 Å². The summed E-state index contributed by atoms with van der Waals surface area (Å²) in [7, 11) is 0. The van der Waals surface area contributed by atoms with Crippen LogP contribution in [-0.2, 0) is 0 Å². The lowest BCUT2D eigenvalue weighted by Crippen LogP contribution is -1.99. The maximum absolute atomic E-state index is 11.7. The first-order valence-electron chi connectivity index (χ1n) is 15.0. The topological polar surface area (TPSA) is 81.2 Å². The van der Waals surface area contributed by atoms with E-state index in [2.05, 4.69) is 88.5 Å². The van der Waals surface area contributed by atoms with Crippen LogP contribution in [0.1, 0.15) is 16.7 Å². The molecule has 0 unspecified atom stereocenters. The average molecular weight is 610 g/mol. The van der Waals surface area contributed by atoms with E-state index in [1.165, 1.54) is 12.1 Å². The lowest BCUT2D eigenvalue weighted by Gasteiger charge is -2.16. The van der Waals surface area contributed by atoms with Crippen LogP contribution in [0.5, 0.6) is 0 Å². The van der Waals surface area contributed by atoms with Gasteiger partial charge in [0.15, 0.2) is 5.69 Å². The second-order valence-corrected chi connectivity index (χ2v) is 11.5. The third-order valence-electron chi connectivity index (χ3n) is 8.45. The van der Waals surface area contributed by atoms with Crippen LogP contribution in [0.15, 0.2) is 127 Å². The summed E-state index contributed by atoms with van der Waals surface area (Å²) in [6, 6.07) is 42.9. The quantitative estimate of drug-likeness (QED) is 0.107. The number of hydrogen-bond acceptors (Lipinski definition) is 3. The fraction of sp³-hybridized carbons (Fsp3) is 0.0500. The number of aryl methyl sites for hydroxylation is 2. The molecule has 0 bridgehead atoms. The molecule has 0 saturated heterocycles. The van der Waals surface area contributed by atoms with E-state index in [1.54, 1.807) is 12.1 Å². The van der Waals surface area contributed by atoms with E-state index in [9.17, 15) is 15.4 Å². The largest absolute Gasteiger partial charge is 0.307 e. The molecule has 7 heteroatoms. The van der Waals surface area contributed by atoms with Crippen molar-refractivity contribution in [3.63, 3.8) is 0 Å². The maximum atomic E-state index is 11.7. The number of nitriles is 1. The molecule has 7 aromatic rings. The summed E-state index contributed by atoms with van der Waals surface area (Å²) in [5.41, 5.74) is 12.5. The zero-order valence-electron chi connectivity index (χ0n) is 25.7. The SMILES string of the molecule is [C-]#[N+]c1ccc(-c2c(-c3ccc([N+](=O)[O-])cc3)c3c(cc(-c4ccc(C#N)cc4)n3-c3ccc(C)cc3)n2-c2ccc(C)cc2)cc1. The molecule has 7 nitrogen and oxygen atoms in total. The van der Waals surface area contributed by atoms with Gasteiger partial charge in [-0.1, -0.05) is 71.8 Å². The first kappa shape index (κ1) is 29.0. The van der Waals surface area contributed by atoms with E-state index in [1.807, 2.05) is 48.5 Å². The number of nitrogens with zero attached hydrogens (tertiary/aromatic N) is 5. The number of benzene rings is 5. The third-order valence-corrected chi connectivity index (χ3v) is 8.45. The number of nitro benzene ring substituents is 1. The predicted octanol–water partition coefficient (Wildman–Crippen LogP) is 10.4. The molecule has 0 aliphatic rings. The van der Waals surface area contributed by atoms with Gasteiger partial charge in [-0.05, 0) is 85.1 Å². The molecule has 0 amide bonds. The Hall–Kier alpha value is -6.70. The van der Waals surface area contributed by atoms with Crippen molar-refractivity contribution in [2.45, 2.75) is 13.8 Å². The summed E-state index contributed by atoms with van der Waals surface area (Å²) in [5, 5.41) is 21.1. The highest BCUT2D eigenvalue weighted by molar-refractivity contribution is 6.07. The van der Waals surface area contributed by atoms with E-state index in [4.69, 9.17) is 6.57 Å².